The van der Waals surface area contributed by atoms with Crippen LogP contribution in [0.2, 0.25) is 0 Å². The van der Waals surface area contributed by atoms with Crippen LogP contribution in [0.15, 0.2) is 66.2 Å². The second-order valence-corrected chi connectivity index (χ2v) is 7.88. The Hall–Kier alpha value is -2.68. The molecule has 3 aromatic rings. The third kappa shape index (κ3) is 4.19. The van der Waals surface area contributed by atoms with E-state index < -0.39 is 0 Å². The highest BCUT2D eigenvalue weighted by Crippen LogP contribution is 2.35. The van der Waals surface area contributed by atoms with Crippen LogP contribution in [0.1, 0.15) is 61.8 Å². The highest BCUT2D eigenvalue weighted by Gasteiger charge is 2.18. The fraction of sp³-hybridized carbons (Fsp3) is 0.333. The number of aliphatic imine (C=N–C) groups is 1. The summed E-state index contributed by atoms with van der Waals surface area (Å²) < 4.78 is 4.15. The van der Waals surface area contributed by atoms with Gasteiger partial charge in [-0.05, 0) is 42.0 Å². The van der Waals surface area contributed by atoms with Gasteiger partial charge in [-0.15, -0.1) is 0 Å². The summed E-state index contributed by atoms with van der Waals surface area (Å²) in [4.78, 5) is 5.25. The van der Waals surface area contributed by atoms with Crippen molar-refractivity contribution in [2.45, 2.75) is 46.5 Å². The van der Waals surface area contributed by atoms with Gasteiger partial charge in [-0.3, -0.25) is 0 Å². The summed E-state index contributed by atoms with van der Waals surface area (Å²) in [7, 11) is 2.03. The van der Waals surface area contributed by atoms with E-state index in [-0.39, 0.29) is 0 Å². The van der Waals surface area contributed by atoms with Gasteiger partial charge in [0.15, 0.2) is 0 Å². The number of hydrogen-bond donors (Lipinski definition) is 0. The predicted octanol–water partition coefficient (Wildman–Crippen LogP) is 5.49. The number of aryl methyl sites for hydroxylation is 2. The van der Waals surface area contributed by atoms with Gasteiger partial charge in [0.1, 0.15) is 12.4 Å². The van der Waals surface area contributed by atoms with Crippen LogP contribution < -0.4 is 4.57 Å². The molecule has 0 radical (unpaired) electrons. The van der Waals surface area contributed by atoms with Crippen LogP contribution >= 0.6 is 0 Å². The number of benzene rings is 2. The summed E-state index contributed by atoms with van der Waals surface area (Å²) in [5.41, 5.74) is 6.06. The quantitative estimate of drug-likeness (QED) is 0.333. The number of imidazole rings is 1. The maximum absolute atomic E-state index is 5.25. The molecule has 3 heteroatoms. The Morgan fingerprint density at radius 2 is 1.52 bits per heavy atom. The van der Waals surface area contributed by atoms with Gasteiger partial charge in [0.25, 0.3) is 0 Å². The first kappa shape index (κ1) is 19.1. The fourth-order valence-electron chi connectivity index (χ4n) is 3.30. The topological polar surface area (TPSA) is 21.2 Å². The normalized spacial score (nSPS) is 12.2. The molecule has 0 spiro atoms. The minimum absolute atomic E-state index is 0.419. The van der Waals surface area contributed by atoms with Gasteiger partial charge in [-0.25, -0.2) is 9.56 Å². The number of nitrogens with zero attached hydrogens (tertiary/aromatic N) is 3. The van der Waals surface area contributed by atoms with Crippen molar-refractivity contribution in [3.8, 4) is 0 Å². The maximum atomic E-state index is 5.25. The summed E-state index contributed by atoms with van der Waals surface area (Å²) >= 11 is 0. The van der Waals surface area contributed by atoms with Crippen molar-refractivity contribution in [2.75, 3.05) is 0 Å². The van der Waals surface area contributed by atoms with E-state index in [9.17, 15) is 0 Å². The standard InChI is InChI=1S/C24H30N3/c1-17(2)21-8-7-9-22(18(3)4)23(21)25-24(27-15-14-26(6)16-27)20-12-10-19(5)11-13-20/h7-18H,1-6H3/q+1. The molecule has 0 aliphatic heterocycles. The fourth-order valence-corrected chi connectivity index (χ4v) is 3.30. The lowest BCUT2D eigenvalue weighted by molar-refractivity contribution is -0.670. The lowest BCUT2D eigenvalue weighted by atomic mass is 9.93. The molecular weight excluding hydrogens is 330 g/mol. The van der Waals surface area contributed by atoms with Gasteiger partial charge in [-0.1, -0.05) is 63.6 Å². The molecule has 2 aromatic carbocycles. The smallest absolute Gasteiger partial charge is 0.239 e. The predicted molar refractivity (Wildman–Crippen MR) is 113 cm³/mol. The summed E-state index contributed by atoms with van der Waals surface area (Å²) in [5.74, 6) is 1.79. The summed E-state index contributed by atoms with van der Waals surface area (Å²) in [5, 5.41) is 0. The number of para-hydroxylation sites is 1. The molecular formula is C24H30N3+. The lowest BCUT2D eigenvalue weighted by Crippen LogP contribution is -2.25. The molecule has 0 fully saturated rings. The molecule has 3 rings (SSSR count). The van der Waals surface area contributed by atoms with Gasteiger partial charge < -0.3 is 0 Å². The zero-order valence-corrected chi connectivity index (χ0v) is 17.3. The highest BCUT2D eigenvalue weighted by atomic mass is 15.1. The SMILES string of the molecule is Cc1ccc(C(=Nc2c(C(C)C)cccc2C(C)C)n2cc[n+](C)c2)cc1. The Kier molecular flexibility index (Phi) is 5.59. The molecule has 27 heavy (non-hydrogen) atoms. The van der Waals surface area contributed by atoms with Crippen molar-refractivity contribution < 1.29 is 4.57 Å². The first-order valence-corrected chi connectivity index (χ1v) is 9.69. The zero-order chi connectivity index (χ0) is 19.6. The van der Waals surface area contributed by atoms with Crippen LogP contribution in [0.25, 0.3) is 0 Å². The third-order valence-corrected chi connectivity index (χ3v) is 4.88. The number of hydrogen-bond acceptors (Lipinski definition) is 1. The molecule has 0 aliphatic rings. The van der Waals surface area contributed by atoms with Crippen molar-refractivity contribution >= 4 is 11.5 Å². The third-order valence-electron chi connectivity index (χ3n) is 4.88. The van der Waals surface area contributed by atoms with E-state index in [1.54, 1.807) is 0 Å². The number of rotatable bonds is 4. The second-order valence-electron chi connectivity index (χ2n) is 7.88. The number of aromatic nitrogens is 2. The summed E-state index contributed by atoms with van der Waals surface area (Å²) in [6, 6.07) is 15.2. The van der Waals surface area contributed by atoms with Crippen molar-refractivity contribution in [1.82, 2.24) is 4.57 Å². The average molecular weight is 361 g/mol. The van der Waals surface area contributed by atoms with Gasteiger partial charge in [0, 0.05) is 5.56 Å². The van der Waals surface area contributed by atoms with Crippen LogP contribution in [0.5, 0.6) is 0 Å². The molecule has 0 atom stereocenters. The molecule has 0 bridgehead atoms. The van der Waals surface area contributed by atoms with Crippen LogP contribution in [-0.2, 0) is 7.05 Å². The monoisotopic (exact) mass is 360 g/mol. The molecule has 1 heterocycles. The largest absolute Gasteiger partial charge is 0.250 e. The molecule has 0 saturated carbocycles. The Balaban J connectivity index is 2.27. The minimum Gasteiger partial charge on any atom is -0.239 e. The Labute approximate surface area is 163 Å². The van der Waals surface area contributed by atoms with E-state index in [4.69, 9.17) is 4.99 Å². The molecule has 3 nitrogen and oxygen atoms in total. The molecule has 1 aromatic heterocycles. The molecule has 0 aliphatic carbocycles. The first-order valence-electron chi connectivity index (χ1n) is 9.69. The van der Waals surface area contributed by atoms with Gasteiger partial charge in [0.2, 0.25) is 12.2 Å². The molecule has 0 unspecified atom stereocenters. The van der Waals surface area contributed by atoms with Crippen molar-refractivity contribution in [3.63, 3.8) is 0 Å². The van der Waals surface area contributed by atoms with E-state index >= 15 is 0 Å². The van der Waals surface area contributed by atoms with Crippen LogP contribution in [0.3, 0.4) is 0 Å². The molecule has 0 amide bonds. The van der Waals surface area contributed by atoms with Crippen LogP contribution in [0.4, 0.5) is 5.69 Å². The van der Waals surface area contributed by atoms with E-state index in [0.717, 1.165) is 17.1 Å². The van der Waals surface area contributed by atoms with Gasteiger partial charge in [0.05, 0.1) is 12.7 Å². The van der Waals surface area contributed by atoms with Crippen LogP contribution in [-0.4, -0.2) is 10.4 Å². The zero-order valence-electron chi connectivity index (χ0n) is 17.3. The van der Waals surface area contributed by atoms with E-state index in [0.29, 0.717) is 11.8 Å². The Morgan fingerprint density at radius 1 is 0.926 bits per heavy atom. The van der Waals surface area contributed by atoms with Gasteiger partial charge >= 0.3 is 0 Å². The highest BCUT2D eigenvalue weighted by molar-refractivity contribution is 6.02. The minimum atomic E-state index is 0.419. The van der Waals surface area contributed by atoms with Crippen LogP contribution in [0, 0.1) is 6.92 Å². The molecule has 140 valence electrons. The van der Waals surface area contributed by atoms with E-state index in [2.05, 4.69) is 94.2 Å². The molecule has 0 N–H and O–H groups in total. The lowest BCUT2D eigenvalue weighted by Gasteiger charge is -2.17. The van der Waals surface area contributed by atoms with E-state index in [1.807, 2.05) is 17.8 Å². The maximum Gasteiger partial charge on any atom is 0.250 e. The van der Waals surface area contributed by atoms with Crippen molar-refractivity contribution in [1.29, 1.82) is 0 Å². The Morgan fingerprint density at radius 3 is 2.00 bits per heavy atom. The van der Waals surface area contributed by atoms with E-state index in [1.165, 1.54) is 16.7 Å². The van der Waals surface area contributed by atoms with Crippen molar-refractivity contribution in [2.24, 2.45) is 12.0 Å². The second kappa shape index (κ2) is 7.91. The summed E-state index contributed by atoms with van der Waals surface area (Å²) in [6.07, 6.45) is 6.17. The average Bonchev–Trinajstić information content (AvgIpc) is 3.06. The Bertz CT molecular complexity index is 918. The summed E-state index contributed by atoms with van der Waals surface area (Å²) in [6.45, 7) is 11.1. The molecule has 0 saturated heterocycles. The first-order chi connectivity index (χ1) is 12.9. The van der Waals surface area contributed by atoms with Gasteiger partial charge in [-0.2, -0.15) is 4.57 Å². The van der Waals surface area contributed by atoms with Crippen molar-refractivity contribution in [3.05, 3.63) is 83.4 Å².